The number of nitrogens with two attached hydrogens (primary N) is 1. The van der Waals surface area contributed by atoms with E-state index in [0.29, 0.717) is 6.61 Å². The van der Waals surface area contributed by atoms with Gasteiger partial charge in [0.1, 0.15) is 0 Å². The van der Waals surface area contributed by atoms with Crippen molar-refractivity contribution in [2.45, 2.75) is 58.4 Å². The largest absolute Gasteiger partial charge is 0.370 e. The van der Waals surface area contributed by atoms with Crippen molar-refractivity contribution in [2.75, 3.05) is 0 Å². The normalized spacial score (nSPS) is 24.5. The molecule has 2 N–H and O–H groups in total. The fourth-order valence-corrected chi connectivity index (χ4v) is 2.75. The highest BCUT2D eigenvalue weighted by atomic mass is 79.9. The van der Waals surface area contributed by atoms with E-state index < -0.39 is 0 Å². The molecule has 1 heterocycles. The molecule has 96 valence electrons. The van der Waals surface area contributed by atoms with Gasteiger partial charge in [-0.05, 0) is 49.0 Å². The van der Waals surface area contributed by atoms with Gasteiger partial charge in [0, 0.05) is 12.6 Å². The van der Waals surface area contributed by atoms with Crippen LogP contribution in [0, 0.1) is 6.92 Å². The smallest absolute Gasteiger partial charge is 0.0900 e. The highest BCUT2D eigenvalue weighted by Crippen LogP contribution is 2.25. The van der Waals surface area contributed by atoms with Crippen molar-refractivity contribution in [1.82, 2.24) is 9.78 Å². The Hall–Kier alpha value is -0.390. The van der Waals surface area contributed by atoms with E-state index in [2.05, 4.69) is 28.0 Å². The molecule has 2 unspecified atom stereocenters. The summed E-state index contributed by atoms with van der Waals surface area (Å²) in [6, 6.07) is 0.202. The molecule has 0 radical (unpaired) electrons. The van der Waals surface area contributed by atoms with Crippen LogP contribution in [0.4, 0.5) is 0 Å². The van der Waals surface area contributed by atoms with E-state index in [4.69, 9.17) is 10.5 Å². The molecular formula is C12H20BrN3O. The highest BCUT2D eigenvalue weighted by Gasteiger charge is 2.25. The molecule has 1 aromatic rings. The van der Waals surface area contributed by atoms with Crippen molar-refractivity contribution in [3.63, 3.8) is 0 Å². The summed E-state index contributed by atoms with van der Waals surface area (Å²) in [4.78, 5) is 0. The second kappa shape index (κ2) is 5.50. The van der Waals surface area contributed by atoms with E-state index in [1.807, 2.05) is 11.6 Å². The molecule has 0 amide bonds. The van der Waals surface area contributed by atoms with Crippen molar-refractivity contribution < 1.29 is 4.74 Å². The summed E-state index contributed by atoms with van der Waals surface area (Å²) in [5, 5.41) is 4.45. The Kier molecular flexibility index (Phi) is 4.22. The molecule has 1 aliphatic carbocycles. The van der Waals surface area contributed by atoms with Crippen LogP contribution in [0.1, 0.15) is 37.6 Å². The van der Waals surface area contributed by atoms with Crippen LogP contribution in [-0.2, 0) is 17.9 Å². The Morgan fingerprint density at radius 1 is 1.53 bits per heavy atom. The predicted molar refractivity (Wildman–Crippen MR) is 70.7 cm³/mol. The third-order valence-corrected chi connectivity index (χ3v) is 4.42. The van der Waals surface area contributed by atoms with E-state index >= 15 is 0 Å². The molecule has 2 rings (SSSR count). The fourth-order valence-electron chi connectivity index (χ4n) is 2.35. The van der Waals surface area contributed by atoms with Crippen LogP contribution in [0.15, 0.2) is 4.47 Å². The Morgan fingerprint density at radius 2 is 2.29 bits per heavy atom. The van der Waals surface area contributed by atoms with Crippen molar-refractivity contribution >= 4 is 15.9 Å². The lowest BCUT2D eigenvalue weighted by atomic mass is 10.2. The van der Waals surface area contributed by atoms with E-state index in [0.717, 1.165) is 35.2 Å². The quantitative estimate of drug-likeness (QED) is 0.929. The third-order valence-electron chi connectivity index (χ3n) is 3.39. The lowest BCUT2D eigenvalue weighted by Gasteiger charge is -2.16. The maximum Gasteiger partial charge on any atom is 0.0900 e. The Labute approximate surface area is 111 Å². The predicted octanol–water partition coefficient (Wildman–Crippen LogP) is 2.37. The number of nitrogens with zero attached hydrogens (tertiary/aromatic N) is 2. The average molecular weight is 302 g/mol. The standard InChI is InChI=1S/C12H20BrN3O/c1-3-16-10(12(13)8(2)15-16)7-17-11-6-4-5-9(11)14/h9,11H,3-7,14H2,1-2H3. The maximum absolute atomic E-state index is 6.00. The second-order valence-corrected chi connectivity index (χ2v) is 5.40. The van der Waals surface area contributed by atoms with Crippen LogP contribution in [0.3, 0.4) is 0 Å². The first-order chi connectivity index (χ1) is 8.13. The van der Waals surface area contributed by atoms with Crippen LogP contribution >= 0.6 is 15.9 Å². The highest BCUT2D eigenvalue weighted by molar-refractivity contribution is 9.10. The van der Waals surface area contributed by atoms with Gasteiger partial charge in [-0.3, -0.25) is 4.68 Å². The molecule has 1 saturated carbocycles. The van der Waals surface area contributed by atoms with Crippen LogP contribution < -0.4 is 5.73 Å². The topological polar surface area (TPSA) is 53.1 Å². The van der Waals surface area contributed by atoms with Gasteiger partial charge in [-0.2, -0.15) is 5.10 Å². The number of hydrogen-bond donors (Lipinski definition) is 1. The molecule has 17 heavy (non-hydrogen) atoms. The fraction of sp³-hybridized carbons (Fsp3) is 0.750. The lowest BCUT2D eigenvalue weighted by Crippen LogP contribution is -2.31. The van der Waals surface area contributed by atoms with E-state index in [-0.39, 0.29) is 12.1 Å². The Morgan fingerprint density at radius 3 is 2.88 bits per heavy atom. The minimum atomic E-state index is 0.202. The SMILES string of the molecule is CCn1nc(C)c(Br)c1COC1CCCC1N. The minimum Gasteiger partial charge on any atom is -0.370 e. The first kappa shape index (κ1) is 13.1. The van der Waals surface area contributed by atoms with E-state index in [1.165, 1.54) is 6.42 Å². The van der Waals surface area contributed by atoms with Gasteiger partial charge in [0.15, 0.2) is 0 Å². The molecule has 4 nitrogen and oxygen atoms in total. The van der Waals surface area contributed by atoms with Crippen molar-refractivity contribution in [3.8, 4) is 0 Å². The number of aromatic nitrogens is 2. The summed E-state index contributed by atoms with van der Waals surface area (Å²) in [6.07, 6.45) is 3.55. The van der Waals surface area contributed by atoms with Gasteiger partial charge < -0.3 is 10.5 Å². The van der Waals surface area contributed by atoms with Gasteiger partial charge >= 0.3 is 0 Å². The van der Waals surface area contributed by atoms with Crippen LogP contribution in [0.2, 0.25) is 0 Å². The lowest BCUT2D eigenvalue weighted by molar-refractivity contribution is 0.0317. The molecule has 1 aromatic heterocycles. The summed E-state index contributed by atoms with van der Waals surface area (Å²) in [5.41, 5.74) is 8.13. The molecule has 0 saturated heterocycles. The Balaban J connectivity index is 2.03. The number of hydrogen-bond acceptors (Lipinski definition) is 3. The van der Waals surface area contributed by atoms with E-state index in [1.54, 1.807) is 0 Å². The van der Waals surface area contributed by atoms with Crippen LogP contribution in [0.25, 0.3) is 0 Å². The minimum absolute atomic E-state index is 0.202. The van der Waals surface area contributed by atoms with E-state index in [9.17, 15) is 0 Å². The van der Waals surface area contributed by atoms with Gasteiger partial charge in [-0.1, -0.05) is 0 Å². The first-order valence-electron chi connectivity index (χ1n) is 6.22. The van der Waals surface area contributed by atoms with Gasteiger partial charge in [0.2, 0.25) is 0 Å². The molecule has 2 atom stereocenters. The van der Waals surface area contributed by atoms with Crippen LogP contribution in [0.5, 0.6) is 0 Å². The zero-order valence-electron chi connectivity index (χ0n) is 10.4. The number of ether oxygens (including phenoxy) is 1. The number of rotatable bonds is 4. The number of halogens is 1. The Bertz CT molecular complexity index is 391. The summed E-state index contributed by atoms with van der Waals surface area (Å²) < 4.78 is 8.97. The molecular weight excluding hydrogens is 282 g/mol. The molecule has 0 bridgehead atoms. The maximum atomic E-state index is 6.00. The molecule has 0 aromatic carbocycles. The van der Waals surface area contributed by atoms with Crippen molar-refractivity contribution in [2.24, 2.45) is 5.73 Å². The van der Waals surface area contributed by atoms with Crippen molar-refractivity contribution in [1.29, 1.82) is 0 Å². The van der Waals surface area contributed by atoms with Gasteiger partial charge in [0.05, 0.1) is 28.6 Å². The monoisotopic (exact) mass is 301 g/mol. The summed E-state index contributed by atoms with van der Waals surface area (Å²) in [5.74, 6) is 0. The summed E-state index contributed by atoms with van der Waals surface area (Å²) in [6.45, 7) is 5.54. The summed E-state index contributed by atoms with van der Waals surface area (Å²) in [7, 11) is 0. The first-order valence-corrected chi connectivity index (χ1v) is 7.01. The third kappa shape index (κ3) is 2.72. The number of aryl methyl sites for hydroxylation is 2. The molecule has 0 spiro atoms. The molecule has 1 aliphatic rings. The van der Waals surface area contributed by atoms with Gasteiger partial charge in [-0.15, -0.1) is 0 Å². The summed E-state index contributed by atoms with van der Waals surface area (Å²) >= 11 is 3.57. The molecule has 1 fully saturated rings. The average Bonchev–Trinajstić information content (AvgIpc) is 2.83. The van der Waals surface area contributed by atoms with Crippen molar-refractivity contribution in [3.05, 3.63) is 15.9 Å². The second-order valence-electron chi connectivity index (χ2n) is 4.61. The molecule has 0 aliphatic heterocycles. The van der Waals surface area contributed by atoms with Crippen LogP contribution in [-0.4, -0.2) is 21.9 Å². The zero-order valence-corrected chi connectivity index (χ0v) is 12.0. The molecule has 5 heteroatoms. The van der Waals surface area contributed by atoms with Gasteiger partial charge in [0.25, 0.3) is 0 Å². The zero-order chi connectivity index (χ0) is 12.4. The van der Waals surface area contributed by atoms with Gasteiger partial charge in [-0.25, -0.2) is 0 Å².